The molecule has 124 valence electrons. The van der Waals surface area contributed by atoms with Gasteiger partial charge in [-0.2, -0.15) is 5.10 Å². The number of aryl methyl sites for hydroxylation is 2. The molecule has 0 radical (unpaired) electrons. The highest BCUT2D eigenvalue weighted by molar-refractivity contribution is 5.90. The molecule has 0 saturated carbocycles. The molecule has 24 heavy (non-hydrogen) atoms. The summed E-state index contributed by atoms with van der Waals surface area (Å²) in [6, 6.07) is 3.30. The maximum atomic E-state index is 13.3. The predicted molar refractivity (Wildman–Crippen MR) is 82.5 cm³/mol. The number of rotatable bonds is 3. The molecule has 1 N–H and O–H groups in total. The fourth-order valence-corrected chi connectivity index (χ4v) is 2.33. The largest absolute Gasteiger partial charge is 0.309 e. The van der Waals surface area contributed by atoms with E-state index in [0.29, 0.717) is 5.82 Å². The van der Waals surface area contributed by atoms with E-state index in [2.05, 4.69) is 15.4 Å². The Morgan fingerprint density at radius 1 is 1.25 bits per heavy atom. The maximum absolute atomic E-state index is 13.3. The Kier molecular flexibility index (Phi) is 3.84. The van der Waals surface area contributed by atoms with Crippen molar-refractivity contribution in [3.63, 3.8) is 0 Å². The van der Waals surface area contributed by atoms with Crippen LogP contribution in [0.5, 0.6) is 0 Å². The second-order valence-corrected chi connectivity index (χ2v) is 5.30. The number of halogens is 2. The Morgan fingerprint density at radius 2 is 1.96 bits per heavy atom. The van der Waals surface area contributed by atoms with Crippen LogP contribution in [0.4, 0.5) is 14.6 Å². The molecule has 9 heteroatoms. The van der Waals surface area contributed by atoms with Crippen molar-refractivity contribution in [3.05, 3.63) is 52.2 Å². The lowest BCUT2D eigenvalue weighted by Crippen LogP contribution is -2.28. The molecule has 0 fully saturated rings. The van der Waals surface area contributed by atoms with Crippen LogP contribution >= 0.6 is 0 Å². The van der Waals surface area contributed by atoms with E-state index in [1.165, 1.54) is 4.68 Å². The summed E-state index contributed by atoms with van der Waals surface area (Å²) >= 11 is 0. The summed E-state index contributed by atoms with van der Waals surface area (Å²) in [5.74, 6) is -2.22. The smallest absolute Gasteiger partial charge is 0.261 e. The molecule has 0 unspecified atom stereocenters. The Bertz CT molecular complexity index is 1010. The van der Waals surface area contributed by atoms with E-state index in [0.717, 1.165) is 28.7 Å². The Morgan fingerprint density at radius 3 is 2.62 bits per heavy atom. The molecular weight excluding hydrogens is 320 g/mol. The van der Waals surface area contributed by atoms with Crippen molar-refractivity contribution in [2.24, 2.45) is 7.05 Å². The van der Waals surface area contributed by atoms with Crippen molar-refractivity contribution < 1.29 is 13.6 Å². The van der Waals surface area contributed by atoms with Gasteiger partial charge >= 0.3 is 0 Å². The third-order valence-electron chi connectivity index (χ3n) is 3.45. The number of fused-ring (bicyclic) bond motifs is 1. The first kappa shape index (κ1) is 15.8. The van der Waals surface area contributed by atoms with E-state index in [1.54, 1.807) is 20.0 Å². The summed E-state index contributed by atoms with van der Waals surface area (Å²) in [7, 11) is 1.67. The Hall–Kier alpha value is -3.10. The molecular formula is C15H13F2N5O2. The van der Waals surface area contributed by atoms with Gasteiger partial charge in [0.05, 0.1) is 22.9 Å². The van der Waals surface area contributed by atoms with Crippen LogP contribution < -0.4 is 10.9 Å². The van der Waals surface area contributed by atoms with Crippen molar-refractivity contribution in [1.29, 1.82) is 0 Å². The third-order valence-corrected chi connectivity index (χ3v) is 3.45. The van der Waals surface area contributed by atoms with Gasteiger partial charge in [0.1, 0.15) is 12.4 Å². The molecule has 7 nitrogen and oxygen atoms in total. The molecule has 3 aromatic rings. The zero-order valence-corrected chi connectivity index (χ0v) is 12.9. The molecule has 0 bridgehead atoms. The topological polar surface area (TPSA) is 81.8 Å². The summed E-state index contributed by atoms with van der Waals surface area (Å²) in [4.78, 5) is 28.3. The molecule has 0 atom stereocenters. The minimum absolute atomic E-state index is 0.0258. The van der Waals surface area contributed by atoms with E-state index in [4.69, 9.17) is 0 Å². The lowest BCUT2D eigenvalue weighted by molar-refractivity contribution is -0.116. The predicted octanol–water partition coefficient (Wildman–Crippen LogP) is 1.36. The molecule has 0 aliphatic carbocycles. The van der Waals surface area contributed by atoms with Gasteiger partial charge in [-0.15, -0.1) is 0 Å². The summed E-state index contributed by atoms with van der Waals surface area (Å²) < 4.78 is 29.0. The molecule has 1 amide bonds. The number of amides is 1. The molecule has 3 rings (SSSR count). The fraction of sp³-hybridized carbons (Fsp3) is 0.200. The number of aromatic nitrogens is 4. The van der Waals surface area contributed by atoms with Gasteiger partial charge in [-0.05, 0) is 13.0 Å². The number of nitrogens with one attached hydrogen (secondary N) is 1. The Labute approximate surface area is 134 Å². The standard InChI is InChI=1S/C15H13F2N5O2/c1-8-3-13(21(2)20-8)19-14(23)6-22-7-18-12-5-11(17)10(16)4-9(12)15(22)24/h3-5,7H,6H2,1-2H3,(H,19,23). The monoisotopic (exact) mass is 333 g/mol. The molecule has 0 aliphatic rings. The zero-order chi connectivity index (χ0) is 17.4. The lowest BCUT2D eigenvalue weighted by atomic mass is 10.2. The number of hydrogen-bond acceptors (Lipinski definition) is 4. The molecule has 2 heterocycles. The highest BCUT2D eigenvalue weighted by Gasteiger charge is 2.13. The van der Waals surface area contributed by atoms with E-state index in [9.17, 15) is 18.4 Å². The average Bonchev–Trinajstić information content (AvgIpc) is 2.82. The lowest BCUT2D eigenvalue weighted by Gasteiger charge is -2.08. The maximum Gasteiger partial charge on any atom is 0.261 e. The van der Waals surface area contributed by atoms with Crippen molar-refractivity contribution in [3.8, 4) is 0 Å². The van der Waals surface area contributed by atoms with E-state index < -0.39 is 23.1 Å². The minimum Gasteiger partial charge on any atom is -0.309 e. The van der Waals surface area contributed by atoms with E-state index >= 15 is 0 Å². The number of nitrogens with zero attached hydrogens (tertiary/aromatic N) is 4. The van der Waals surface area contributed by atoms with Gasteiger partial charge in [-0.25, -0.2) is 13.8 Å². The molecule has 0 saturated heterocycles. The van der Waals surface area contributed by atoms with Crippen molar-refractivity contribution in [1.82, 2.24) is 19.3 Å². The first-order chi connectivity index (χ1) is 11.3. The van der Waals surface area contributed by atoms with Gasteiger partial charge in [0.25, 0.3) is 5.56 Å². The van der Waals surface area contributed by atoms with Gasteiger partial charge in [0.15, 0.2) is 11.6 Å². The van der Waals surface area contributed by atoms with Crippen LogP contribution in [0.25, 0.3) is 10.9 Å². The van der Waals surface area contributed by atoms with Crippen LogP contribution in [-0.4, -0.2) is 25.2 Å². The van der Waals surface area contributed by atoms with Crippen molar-refractivity contribution in [2.75, 3.05) is 5.32 Å². The average molecular weight is 333 g/mol. The molecule has 2 aromatic heterocycles. The Balaban J connectivity index is 1.88. The van der Waals surface area contributed by atoms with Gasteiger partial charge in [0, 0.05) is 19.2 Å². The summed E-state index contributed by atoms with van der Waals surface area (Å²) in [5, 5.41) is 6.61. The summed E-state index contributed by atoms with van der Waals surface area (Å²) in [6.07, 6.45) is 1.12. The van der Waals surface area contributed by atoms with Crippen LogP contribution in [0.3, 0.4) is 0 Å². The fourth-order valence-electron chi connectivity index (χ4n) is 2.33. The van der Waals surface area contributed by atoms with E-state index in [1.807, 2.05) is 0 Å². The summed E-state index contributed by atoms with van der Waals surface area (Å²) in [5.41, 5.74) is 0.128. The zero-order valence-electron chi connectivity index (χ0n) is 12.9. The molecule has 0 aliphatic heterocycles. The normalized spacial score (nSPS) is 11.0. The van der Waals surface area contributed by atoms with Crippen LogP contribution in [0, 0.1) is 18.6 Å². The second-order valence-electron chi connectivity index (χ2n) is 5.30. The number of anilines is 1. The van der Waals surface area contributed by atoms with Crippen molar-refractivity contribution in [2.45, 2.75) is 13.5 Å². The number of carbonyl (C=O) groups excluding carboxylic acids is 1. The number of benzene rings is 1. The highest BCUT2D eigenvalue weighted by atomic mass is 19.2. The van der Waals surface area contributed by atoms with Crippen molar-refractivity contribution >= 4 is 22.6 Å². The van der Waals surface area contributed by atoms with Crippen LogP contribution in [0.15, 0.2) is 29.3 Å². The van der Waals surface area contributed by atoms with Gasteiger partial charge < -0.3 is 5.32 Å². The van der Waals surface area contributed by atoms with Gasteiger partial charge in [-0.3, -0.25) is 18.8 Å². The number of carbonyl (C=O) groups is 1. The minimum atomic E-state index is -1.14. The first-order valence-electron chi connectivity index (χ1n) is 7.00. The van der Waals surface area contributed by atoms with Crippen LogP contribution in [-0.2, 0) is 18.4 Å². The van der Waals surface area contributed by atoms with Gasteiger partial charge in [-0.1, -0.05) is 0 Å². The highest BCUT2D eigenvalue weighted by Crippen LogP contribution is 2.13. The molecule has 1 aromatic carbocycles. The number of hydrogen-bond donors (Lipinski definition) is 1. The van der Waals surface area contributed by atoms with E-state index in [-0.39, 0.29) is 17.4 Å². The SMILES string of the molecule is Cc1cc(NC(=O)Cn2cnc3cc(F)c(F)cc3c2=O)n(C)n1. The quantitative estimate of drug-likeness (QED) is 0.784. The van der Waals surface area contributed by atoms with Gasteiger partial charge in [0.2, 0.25) is 5.91 Å². The van der Waals surface area contributed by atoms with Crippen LogP contribution in [0.1, 0.15) is 5.69 Å². The third kappa shape index (κ3) is 2.87. The molecule has 0 spiro atoms. The van der Waals surface area contributed by atoms with Crippen LogP contribution in [0.2, 0.25) is 0 Å². The first-order valence-corrected chi connectivity index (χ1v) is 7.00. The summed E-state index contributed by atoms with van der Waals surface area (Å²) in [6.45, 7) is 1.46. The second kappa shape index (κ2) is 5.84.